The smallest absolute Gasteiger partial charge is 0.321 e. The van der Waals surface area contributed by atoms with Crippen LogP contribution in [0.25, 0.3) is 11.3 Å². The number of hydrogen-bond acceptors (Lipinski definition) is 3. The van der Waals surface area contributed by atoms with E-state index >= 15 is 0 Å². The maximum Gasteiger partial charge on any atom is 0.418 e. The molecule has 0 aliphatic carbocycles. The predicted molar refractivity (Wildman–Crippen MR) is 94.0 cm³/mol. The van der Waals surface area contributed by atoms with E-state index in [0.717, 1.165) is 5.56 Å². The highest BCUT2D eigenvalue weighted by molar-refractivity contribution is 5.68. The van der Waals surface area contributed by atoms with E-state index in [2.05, 4.69) is 9.97 Å². The lowest BCUT2D eigenvalue weighted by atomic mass is 9.92. The van der Waals surface area contributed by atoms with Crippen molar-refractivity contribution in [2.75, 3.05) is 0 Å². The predicted octanol–water partition coefficient (Wildman–Crippen LogP) is 4.23. The Labute approximate surface area is 152 Å². The summed E-state index contributed by atoms with van der Waals surface area (Å²) in [4.78, 5) is 18.6. The summed E-state index contributed by atoms with van der Waals surface area (Å²) in [5.41, 5.74) is -1.39. The van der Waals surface area contributed by atoms with Crippen molar-refractivity contribution in [3.8, 4) is 17.3 Å². The maximum atomic E-state index is 13.8. The first-order valence-electron chi connectivity index (χ1n) is 8.03. The largest absolute Gasteiger partial charge is 0.418 e. The van der Waals surface area contributed by atoms with Gasteiger partial charge in [0.1, 0.15) is 11.6 Å². The van der Waals surface area contributed by atoms with Gasteiger partial charge in [-0.2, -0.15) is 18.4 Å². The van der Waals surface area contributed by atoms with Crippen LogP contribution < -0.4 is 5.56 Å². The third-order valence-corrected chi connectivity index (χ3v) is 4.15. The van der Waals surface area contributed by atoms with E-state index in [9.17, 15) is 23.2 Å². The fraction of sp³-hybridized carbons (Fsp3) is 0.150. The number of benzene rings is 1. The molecule has 0 saturated carbocycles. The zero-order valence-electron chi connectivity index (χ0n) is 14.3. The van der Waals surface area contributed by atoms with Gasteiger partial charge in [-0.3, -0.25) is 9.78 Å². The SMILES string of the molecule is Cc1cccc(-c2[nH]c(=O)c(C#N)c(C(F)(F)F)c2Cc2ccncc2)c1. The summed E-state index contributed by atoms with van der Waals surface area (Å²) >= 11 is 0. The van der Waals surface area contributed by atoms with Gasteiger partial charge in [-0.15, -0.1) is 0 Å². The first-order valence-corrected chi connectivity index (χ1v) is 8.03. The monoisotopic (exact) mass is 369 g/mol. The van der Waals surface area contributed by atoms with E-state index in [4.69, 9.17) is 0 Å². The van der Waals surface area contributed by atoms with Crippen molar-refractivity contribution in [2.45, 2.75) is 19.5 Å². The van der Waals surface area contributed by atoms with Crippen LogP contribution in [-0.4, -0.2) is 9.97 Å². The summed E-state index contributed by atoms with van der Waals surface area (Å²) in [7, 11) is 0. The lowest BCUT2D eigenvalue weighted by molar-refractivity contribution is -0.138. The van der Waals surface area contributed by atoms with Crippen molar-refractivity contribution < 1.29 is 13.2 Å². The van der Waals surface area contributed by atoms with Gasteiger partial charge >= 0.3 is 6.18 Å². The third-order valence-electron chi connectivity index (χ3n) is 4.15. The molecule has 0 spiro atoms. The number of alkyl halides is 3. The van der Waals surface area contributed by atoms with Gasteiger partial charge in [0.05, 0.1) is 11.3 Å². The number of nitrogens with zero attached hydrogens (tertiary/aromatic N) is 2. The Morgan fingerprint density at radius 3 is 2.48 bits per heavy atom. The van der Waals surface area contributed by atoms with Crippen molar-refractivity contribution in [3.63, 3.8) is 0 Å². The van der Waals surface area contributed by atoms with Gasteiger partial charge in [0.25, 0.3) is 5.56 Å². The van der Waals surface area contributed by atoms with Crippen molar-refractivity contribution >= 4 is 0 Å². The molecule has 27 heavy (non-hydrogen) atoms. The average molecular weight is 369 g/mol. The Bertz CT molecular complexity index is 1080. The summed E-state index contributed by atoms with van der Waals surface area (Å²) in [5.74, 6) is 0. The van der Waals surface area contributed by atoms with Crippen LogP contribution >= 0.6 is 0 Å². The lowest BCUT2D eigenvalue weighted by Crippen LogP contribution is -2.23. The molecule has 0 amide bonds. The standard InChI is InChI=1S/C20H14F3N3O/c1-12-3-2-4-14(9-12)18-15(10-13-5-7-25-8-6-13)17(20(21,22)23)16(11-24)19(27)26-18/h2-9H,10H2,1H3,(H,26,27). The number of nitrogens with one attached hydrogen (secondary N) is 1. The molecular weight excluding hydrogens is 355 g/mol. The molecule has 0 radical (unpaired) electrons. The topological polar surface area (TPSA) is 69.5 Å². The van der Waals surface area contributed by atoms with Crippen LogP contribution in [0.3, 0.4) is 0 Å². The van der Waals surface area contributed by atoms with Crippen molar-refractivity contribution in [2.24, 2.45) is 0 Å². The zero-order valence-corrected chi connectivity index (χ0v) is 14.3. The molecule has 2 aromatic heterocycles. The van der Waals surface area contributed by atoms with Crippen molar-refractivity contribution in [3.05, 3.63) is 87.0 Å². The Kier molecular flexibility index (Phi) is 4.82. The second-order valence-electron chi connectivity index (χ2n) is 6.07. The van der Waals surface area contributed by atoms with E-state index in [1.54, 1.807) is 43.3 Å². The van der Waals surface area contributed by atoms with Crippen LogP contribution in [0.5, 0.6) is 0 Å². The summed E-state index contributed by atoms with van der Waals surface area (Å²) in [6.45, 7) is 1.80. The Morgan fingerprint density at radius 2 is 1.89 bits per heavy atom. The number of aromatic nitrogens is 2. The third kappa shape index (κ3) is 3.75. The van der Waals surface area contributed by atoms with Gasteiger partial charge in [0.2, 0.25) is 0 Å². The molecule has 4 nitrogen and oxygen atoms in total. The van der Waals surface area contributed by atoms with Crippen LogP contribution in [0, 0.1) is 18.3 Å². The minimum atomic E-state index is -4.85. The highest BCUT2D eigenvalue weighted by Crippen LogP contribution is 2.38. The quantitative estimate of drug-likeness (QED) is 0.751. The second kappa shape index (κ2) is 7.08. The molecule has 0 atom stereocenters. The second-order valence-corrected chi connectivity index (χ2v) is 6.07. The number of aromatic amines is 1. The molecule has 136 valence electrons. The molecule has 3 aromatic rings. The summed E-state index contributed by atoms with van der Waals surface area (Å²) in [6, 6.07) is 11.4. The Hall–Kier alpha value is -3.40. The molecule has 0 saturated heterocycles. The van der Waals surface area contributed by atoms with E-state index in [-0.39, 0.29) is 17.7 Å². The molecule has 0 fully saturated rings. The van der Waals surface area contributed by atoms with Crippen LogP contribution in [-0.2, 0) is 12.6 Å². The molecule has 0 bridgehead atoms. The normalized spacial score (nSPS) is 11.2. The molecule has 0 aliphatic heterocycles. The van der Waals surface area contributed by atoms with Crippen molar-refractivity contribution in [1.29, 1.82) is 5.26 Å². The lowest BCUT2D eigenvalue weighted by Gasteiger charge is -2.18. The van der Waals surface area contributed by atoms with E-state index in [0.29, 0.717) is 11.1 Å². The first-order chi connectivity index (χ1) is 12.8. The molecule has 1 N–H and O–H groups in total. The first kappa shape index (κ1) is 18.4. The minimum Gasteiger partial charge on any atom is -0.321 e. The average Bonchev–Trinajstić information content (AvgIpc) is 2.62. The van der Waals surface area contributed by atoms with Gasteiger partial charge < -0.3 is 4.98 Å². The van der Waals surface area contributed by atoms with Gasteiger partial charge in [-0.1, -0.05) is 23.8 Å². The summed E-state index contributed by atoms with van der Waals surface area (Å²) < 4.78 is 41.5. The number of hydrogen-bond donors (Lipinski definition) is 1. The number of nitriles is 1. The highest BCUT2D eigenvalue weighted by Gasteiger charge is 2.39. The minimum absolute atomic E-state index is 0.0619. The molecule has 2 heterocycles. The van der Waals surface area contributed by atoms with Gasteiger partial charge in [0.15, 0.2) is 0 Å². The molecular formula is C20H14F3N3O. The fourth-order valence-corrected chi connectivity index (χ4v) is 2.99. The molecule has 7 heteroatoms. The molecule has 1 aromatic carbocycles. The zero-order chi connectivity index (χ0) is 19.6. The molecule has 0 unspecified atom stereocenters. The van der Waals surface area contributed by atoms with Crippen LogP contribution in [0.4, 0.5) is 13.2 Å². The summed E-state index contributed by atoms with van der Waals surface area (Å²) in [5, 5.41) is 9.18. The number of pyridine rings is 2. The van der Waals surface area contributed by atoms with E-state index in [1.807, 2.05) is 0 Å². The van der Waals surface area contributed by atoms with Crippen molar-refractivity contribution in [1.82, 2.24) is 9.97 Å². The Morgan fingerprint density at radius 1 is 1.19 bits per heavy atom. The molecule has 3 rings (SSSR count). The number of H-pyrrole nitrogens is 1. The van der Waals surface area contributed by atoms with Gasteiger partial charge in [-0.25, -0.2) is 0 Å². The van der Waals surface area contributed by atoms with Crippen LogP contribution in [0.1, 0.15) is 27.8 Å². The van der Waals surface area contributed by atoms with Gasteiger partial charge in [0, 0.05) is 18.8 Å². The number of rotatable bonds is 3. The van der Waals surface area contributed by atoms with Gasteiger partial charge in [-0.05, 0) is 41.8 Å². The Balaban J connectivity index is 2.38. The maximum absolute atomic E-state index is 13.8. The fourth-order valence-electron chi connectivity index (χ4n) is 2.99. The summed E-state index contributed by atoms with van der Waals surface area (Å²) in [6.07, 6.45) is -2.00. The highest BCUT2D eigenvalue weighted by atomic mass is 19.4. The number of halogens is 3. The van der Waals surface area contributed by atoms with Crippen LogP contribution in [0.15, 0.2) is 53.6 Å². The van der Waals surface area contributed by atoms with Crippen LogP contribution in [0.2, 0.25) is 0 Å². The van der Waals surface area contributed by atoms with E-state index in [1.165, 1.54) is 18.5 Å². The van der Waals surface area contributed by atoms with E-state index < -0.39 is 22.9 Å². The molecule has 0 aliphatic rings. The number of aryl methyl sites for hydroxylation is 1.